The second kappa shape index (κ2) is 6.09. The Morgan fingerprint density at radius 1 is 1.23 bits per heavy atom. The van der Waals surface area contributed by atoms with Gasteiger partial charge in [-0.3, -0.25) is 9.59 Å². The second-order valence-electron chi connectivity index (χ2n) is 5.34. The van der Waals surface area contributed by atoms with Gasteiger partial charge in [-0.05, 0) is 30.2 Å². The van der Waals surface area contributed by atoms with Crippen molar-refractivity contribution in [3.63, 3.8) is 0 Å². The molecule has 2 aliphatic rings. The van der Waals surface area contributed by atoms with Crippen LogP contribution in [-0.2, 0) is 9.59 Å². The number of fused-ring (bicyclic) bond motifs is 1. The topological polar surface area (TPSA) is 76.1 Å². The van der Waals surface area contributed by atoms with E-state index in [4.69, 9.17) is 14.6 Å². The van der Waals surface area contributed by atoms with Crippen LogP contribution in [0.25, 0.3) is 6.08 Å². The van der Waals surface area contributed by atoms with E-state index in [1.54, 1.807) is 11.0 Å². The number of carbonyl (C=O) groups excluding carboxylic acids is 1. The van der Waals surface area contributed by atoms with Crippen molar-refractivity contribution in [2.45, 2.75) is 6.42 Å². The van der Waals surface area contributed by atoms with E-state index in [2.05, 4.69) is 0 Å². The number of benzene rings is 1. The number of amides is 1. The highest BCUT2D eigenvalue weighted by atomic mass is 16.6. The second-order valence-corrected chi connectivity index (χ2v) is 5.34. The summed E-state index contributed by atoms with van der Waals surface area (Å²) in [6.45, 7) is 1.82. The summed E-state index contributed by atoms with van der Waals surface area (Å²) >= 11 is 0. The van der Waals surface area contributed by atoms with E-state index < -0.39 is 11.9 Å². The third kappa shape index (κ3) is 3.05. The van der Waals surface area contributed by atoms with Crippen LogP contribution in [0, 0.1) is 5.92 Å². The van der Waals surface area contributed by atoms with Crippen LogP contribution in [0.2, 0.25) is 0 Å². The monoisotopic (exact) mass is 303 g/mol. The lowest BCUT2D eigenvalue weighted by atomic mass is 10.1. The van der Waals surface area contributed by atoms with Crippen molar-refractivity contribution in [2.24, 2.45) is 5.92 Å². The van der Waals surface area contributed by atoms with Gasteiger partial charge in [0.25, 0.3) is 0 Å². The summed E-state index contributed by atoms with van der Waals surface area (Å²) in [6, 6.07) is 5.48. The van der Waals surface area contributed by atoms with Gasteiger partial charge < -0.3 is 19.5 Å². The van der Waals surface area contributed by atoms with Gasteiger partial charge >= 0.3 is 5.97 Å². The molecule has 1 aromatic carbocycles. The molecule has 3 rings (SSSR count). The van der Waals surface area contributed by atoms with Crippen molar-refractivity contribution in [3.8, 4) is 11.5 Å². The highest BCUT2D eigenvalue weighted by Crippen LogP contribution is 2.31. The molecule has 1 saturated heterocycles. The van der Waals surface area contributed by atoms with Crippen LogP contribution in [0.4, 0.5) is 0 Å². The molecule has 0 bridgehead atoms. The number of nitrogens with zero attached hydrogens (tertiary/aromatic N) is 1. The Hall–Kier alpha value is -2.50. The molecule has 0 aliphatic carbocycles. The molecule has 1 aromatic rings. The van der Waals surface area contributed by atoms with E-state index in [0.717, 1.165) is 5.56 Å². The maximum atomic E-state index is 12.1. The van der Waals surface area contributed by atoms with Gasteiger partial charge in [-0.2, -0.15) is 0 Å². The van der Waals surface area contributed by atoms with Gasteiger partial charge in [-0.25, -0.2) is 0 Å². The molecule has 1 amide bonds. The minimum Gasteiger partial charge on any atom is -0.486 e. The lowest BCUT2D eigenvalue weighted by Crippen LogP contribution is -2.28. The molecule has 0 spiro atoms. The first-order valence-electron chi connectivity index (χ1n) is 7.23. The SMILES string of the molecule is O=C(O)C1CCN(C(=O)/C=C/c2ccc3c(c2)OCCO3)C1. The average Bonchev–Trinajstić information content (AvgIpc) is 3.03. The third-order valence-corrected chi connectivity index (χ3v) is 3.83. The van der Waals surface area contributed by atoms with E-state index >= 15 is 0 Å². The molecule has 1 N–H and O–H groups in total. The largest absolute Gasteiger partial charge is 0.486 e. The Morgan fingerprint density at radius 2 is 2.00 bits per heavy atom. The van der Waals surface area contributed by atoms with Crippen LogP contribution in [0.15, 0.2) is 24.3 Å². The van der Waals surface area contributed by atoms with E-state index in [1.807, 2.05) is 18.2 Å². The molecule has 116 valence electrons. The fraction of sp³-hybridized carbons (Fsp3) is 0.375. The quantitative estimate of drug-likeness (QED) is 0.854. The lowest BCUT2D eigenvalue weighted by Gasteiger charge is -2.18. The van der Waals surface area contributed by atoms with Crippen LogP contribution in [0.3, 0.4) is 0 Å². The Balaban J connectivity index is 1.64. The zero-order valence-corrected chi connectivity index (χ0v) is 12.0. The predicted molar refractivity (Wildman–Crippen MR) is 78.8 cm³/mol. The molecule has 0 saturated carbocycles. The number of rotatable bonds is 3. The number of carbonyl (C=O) groups is 2. The Bertz CT molecular complexity index is 625. The molecule has 6 nitrogen and oxygen atoms in total. The van der Waals surface area contributed by atoms with E-state index in [1.165, 1.54) is 6.08 Å². The molecule has 0 radical (unpaired) electrons. The molecule has 6 heteroatoms. The third-order valence-electron chi connectivity index (χ3n) is 3.83. The van der Waals surface area contributed by atoms with Crippen LogP contribution >= 0.6 is 0 Å². The molecule has 22 heavy (non-hydrogen) atoms. The molecule has 1 fully saturated rings. The van der Waals surface area contributed by atoms with E-state index in [-0.39, 0.29) is 12.5 Å². The predicted octanol–water partition coefficient (Wildman–Crippen LogP) is 1.40. The van der Waals surface area contributed by atoms with Crippen LogP contribution < -0.4 is 9.47 Å². The number of likely N-dealkylation sites (tertiary alicyclic amines) is 1. The Morgan fingerprint density at radius 3 is 2.73 bits per heavy atom. The minimum absolute atomic E-state index is 0.168. The summed E-state index contributed by atoms with van der Waals surface area (Å²) < 4.78 is 10.9. The number of ether oxygens (including phenoxy) is 2. The molecular formula is C16H17NO5. The number of carboxylic acid groups (broad SMARTS) is 1. The highest BCUT2D eigenvalue weighted by Gasteiger charge is 2.29. The fourth-order valence-corrected chi connectivity index (χ4v) is 2.60. The summed E-state index contributed by atoms with van der Waals surface area (Å²) in [5.41, 5.74) is 0.839. The van der Waals surface area contributed by atoms with Crippen LogP contribution in [0.1, 0.15) is 12.0 Å². The summed E-state index contributed by atoms with van der Waals surface area (Å²) in [7, 11) is 0. The summed E-state index contributed by atoms with van der Waals surface area (Å²) in [6.07, 6.45) is 3.68. The van der Waals surface area contributed by atoms with Gasteiger partial charge in [0.2, 0.25) is 5.91 Å². The first kappa shape index (κ1) is 14.4. The van der Waals surface area contributed by atoms with Crippen LogP contribution in [-0.4, -0.2) is 48.2 Å². The van der Waals surface area contributed by atoms with Crippen molar-refractivity contribution in [3.05, 3.63) is 29.8 Å². The molecular weight excluding hydrogens is 286 g/mol. The van der Waals surface area contributed by atoms with Crippen LogP contribution in [0.5, 0.6) is 11.5 Å². The summed E-state index contributed by atoms with van der Waals surface area (Å²) in [5, 5.41) is 8.95. The molecule has 2 heterocycles. The molecule has 1 unspecified atom stereocenters. The lowest BCUT2D eigenvalue weighted by molar-refractivity contribution is -0.141. The normalized spacial score (nSPS) is 20.4. The number of hydrogen-bond acceptors (Lipinski definition) is 4. The summed E-state index contributed by atoms with van der Waals surface area (Å²) in [5.74, 6) is -0.0806. The average molecular weight is 303 g/mol. The zero-order valence-electron chi connectivity index (χ0n) is 12.0. The molecule has 2 aliphatic heterocycles. The number of aliphatic carboxylic acids is 1. The standard InChI is InChI=1S/C16H17NO5/c18-15(17-6-5-12(10-17)16(19)20)4-2-11-1-3-13-14(9-11)22-8-7-21-13/h1-4,9,12H,5-8,10H2,(H,19,20)/b4-2+. The van der Waals surface area contributed by atoms with Gasteiger partial charge in [-0.1, -0.05) is 6.07 Å². The zero-order chi connectivity index (χ0) is 15.5. The molecule has 1 atom stereocenters. The maximum absolute atomic E-state index is 12.1. The van der Waals surface area contributed by atoms with Crippen molar-refractivity contribution in [1.82, 2.24) is 4.90 Å². The van der Waals surface area contributed by atoms with Gasteiger partial charge in [-0.15, -0.1) is 0 Å². The van der Waals surface area contributed by atoms with E-state index in [0.29, 0.717) is 37.7 Å². The van der Waals surface area contributed by atoms with Gasteiger partial charge in [0.05, 0.1) is 5.92 Å². The summed E-state index contributed by atoms with van der Waals surface area (Å²) in [4.78, 5) is 24.5. The van der Waals surface area contributed by atoms with Crippen molar-refractivity contribution in [2.75, 3.05) is 26.3 Å². The maximum Gasteiger partial charge on any atom is 0.308 e. The van der Waals surface area contributed by atoms with Crippen molar-refractivity contribution in [1.29, 1.82) is 0 Å². The fourth-order valence-electron chi connectivity index (χ4n) is 2.60. The van der Waals surface area contributed by atoms with Gasteiger partial charge in [0.1, 0.15) is 13.2 Å². The smallest absolute Gasteiger partial charge is 0.308 e. The highest BCUT2D eigenvalue weighted by molar-refractivity contribution is 5.92. The number of hydrogen-bond donors (Lipinski definition) is 1. The van der Waals surface area contributed by atoms with E-state index in [9.17, 15) is 9.59 Å². The molecule has 0 aromatic heterocycles. The first-order valence-corrected chi connectivity index (χ1v) is 7.23. The minimum atomic E-state index is -0.842. The number of carboxylic acids is 1. The van der Waals surface area contributed by atoms with Gasteiger partial charge in [0.15, 0.2) is 11.5 Å². The van der Waals surface area contributed by atoms with Crippen molar-refractivity contribution >= 4 is 18.0 Å². The van der Waals surface area contributed by atoms with Crippen molar-refractivity contribution < 1.29 is 24.2 Å². The first-order chi connectivity index (χ1) is 10.6. The van der Waals surface area contributed by atoms with Gasteiger partial charge in [0, 0.05) is 19.2 Å². The Labute approximate surface area is 127 Å². The Kier molecular flexibility index (Phi) is 4.00.